The fourth-order valence-corrected chi connectivity index (χ4v) is 2.28. The summed E-state index contributed by atoms with van der Waals surface area (Å²) in [5, 5.41) is 1.69. The van der Waals surface area contributed by atoms with Crippen molar-refractivity contribution in [1.29, 1.82) is 0 Å². The van der Waals surface area contributed by atoms with Gasteiger partial charge in [-0.25, -0.2) is 9.59 Å². The molecule has 9 heteroatoms. The van der Waals surface area contributed by atoms with Crippen LogP contribution < -0.4 is 11.1 Å². The molecule has 0 aliphatic heterocycles. The molecule has 26 heavy (non-hydrogen) atoms. The van der Waals surface area contributed by atoms with E-state index in [0.29, 0.717) is 0 Å². The van der Waals surface area contributed by atoms with Crippen LogP contribution in [0.3, 0.4) is 0 Å². The fraction of sp³-hybridized carbons (Fsp3) is 0.412. The molecule has 0 aliphatic rings. The molecule has 3 N–H and O–H groups in total. The van der Waals surface area contributed by atoms with Crippen molar-refractivity contribution in [1.82, 2.24) is 5.32 Å². The van der Waals surface area contributed by atoms with E-state index in [1.165, 1.54) is 13.8 Å². The molecule has 0 aromatic heterocycles. The Bertz CT molecular complexity index is 815. The molecule has 0 saturated carbocycles. The van der Waals surface area contributed by atoms with Crippen LogP contribution in [0, 0.1) is 0 Å². The average molecular weight is 388 g/mol. The zero-order valence-corrected chi connectivity index (χ0v) is 15.3. The van der Waals surface area contributed by atoms with Crippen LogP contribution >= 0.6 is 11.6 Å². The van der Waals surface area contributed by atoms with Gasteiger partial charge < -0.3 is 20.5 Å². The van der Waals surface area contributed by atoms with Crippen LogP contribution in [0.2, 0.25) is 5.02 Å². The second-order valence-electron chi connectivity index (χ2n) is 5.11. The number of carbonyl (C=O) groups is 4. The molecule has 0 bridgehead atoms. The lowest BCUT2D eigenvalue weighted by Crippen LogP contribution is -2.62. The van der Waals surface area contributed by atoms with Gasteiger partial charge in [-0.1, -0.05) is 11.6 Å². The van der Waals surface area contributed by atoms with Gasteiger partial charge >= 0.3 is 11.9 Å². The smallest absolute Gasteiger partial charge is 0.344 e. The van der Waals surface area contributed by atoms with Gasteiger partial charge in [0.25, 0.3) is 0 Å². The van der Waals surface area contributed by atoms with Gasteiger partial charge in [-0.05, 0) is 32.0 Å². The number of hydrogen-bond acceptors (Lipinski definition) is 7. The molecule has 0 aliphatic carbocycles. The first-order chi connectivity index (χ1) is 13.4. The Hall–Kier alpha value is -2.61. The van der Waals surface area contributed by atoms with E-state index < -0.39 is 70.0 Å². The maximum absolute atomic E-state index is 12.9. The van der Waals surface area contributed by atoms with E-state index in [9.17, 15) is 19.2 Å². The maximum atomic E-state index is 12.9. The van der Waals surface area contributed by atoms with Gasteiger partial charge in [0.05, 0.1) is 23.7 Å². The maximum Gasteiger partial charge on any atom is 0.344 e. The number of ether oxygens (including phenoxy) is 2. The second-order valence-corrected chi connectivity index (χ2v) is 5.48. The average Bonchev–Trinajstić information content (AvgIpc) is 2.64. The number of halogens is 1. The third-order valence-electron chi connectivity index (χ3n) is 3.15. The van der Waals surface area contributed by atoms with Gasteiger partial charge in [-0.15, -0.1) is 0 Å². The quantitative estimate of drug-likeness (QED) is 0.299. The number of nitrogens with two attached hydrogens (primary N) is 1. The molecule has 0 spiro atoms. The number of anilines is 1. The molecular weight excluding hydrogens is 364 g/mol. The van der Waals surface area contributed by atoms with Crippen LogP contribution in [-0.2, 0) is 23.9 Å². The summed E-state index contributed by atoms with van der Waals surface area (Å²) in [5.74, 6) is -4.35. The third kappa shape index (κ3) is 4.95. The van der Waals surface area contributed by atoms with Crippen LogP contribution in [0.1, 0.15) is 41.7 Å². The van der Waals surface area contributed by atoms with Crippen molar-refractivity contribution in [3.63, 3.8) is 0 Å². The summed E-state index contributed by atoms with van der Waals surface area (Å²) in [6.45, 7) is 3.62. The molecule has 0 saturated heterocycles. The van der Waals surface area contributed by atoms with E-state index >= 15 is 0 Å². The van der Waals surface area contributed by atoms with E-state index in [0.717, 1.165) is 6.92 Å². The highest BCUT2D eigenvalue weighted by Crippen LogP contribution is 2.24. The number of carbonyl (C=O) groups excluding carboxylic acids is 4. The highest BCUT2D eigenvalue weighted by atomic mass is 35.5. The number of rotatable bonds is 8. The minimum absolute atomic E-state index is 0.158. The van der Waals surface area contributed by atoms with Crippen LogP contribution in [0.4, 0.5) is 5.69 Å². The second kappa shape index (κ2) is 9.19. The number of hydrogen-bond donors (Lipinski definition) is 2. The standard InChI is InChI=1S/C17H21ClN2O6/c1-4-25-15(23)17(20-10(3)21,16(24)26-5-2)9-14(22)12-7-6-11(18)8-13(12)19/h6-8H,4-5,9,19H2,1-3H3,(H,20,21)/i6D,7D,8D. The first kappa shape index (κ1) is 16.8. The number of nitrogens with one attached hydrogen (secondary N) is 1. The molecule has 8 nitrogen and oxygen atoms in total. The highest BCUT2D eigenvalue weighted by Gasteiger charge is 2.51. The van der Waals surface area contributed by atoms with Crippen LogP contribution in [0.15, 0.2) is 18.1 Å². The van der Waals surface area contributed by atoms with Crippen molar-refractivity contribution in [3.8, 4) is 0 Å². The summed E-state index contributed by atoms with van der Waals surface area (Å²) in [6.07, 6.45) is -0.999. The van der Waals surface area contributed by atoms with Crippen molar-refractivity contribution in [3.05, 3.63) is 28.7 Å². The highest BCUT2D eigenvalue weighted by molar-refractivity contribution is 6.31. The molecule has 0 radical (unpaired) electrons. The summed E-state index contributed by atoms with van der Waals surface area (Å²) in [4.78, 5) is 49.8. The number of nitrogen functional groups attached to an aromatic ring is 1. The van der Waals surface area contributed by atoms with E-state index in [1.54, 1.807) is 0 Å². The number of amides is 1. The van der Waals surface area contributed by atoms with E-state index in [4.69, 9.17) is 30.9 Å². The van der Waals surface area contributed by atoms with Crippen molar-refractivity contribution in [2.45, 2.75) is 32.7 Å². The number of ketones is 1. The molecule has 1 rings (SSSR count). The SMILES string of the molecule is [2H]c1c([2H])c(C(=O)CC(NC(C)=O)(C(=O)OCC)C(=O)OCC)c(N)c([2H])c1Cl. The lowest BCUT2D eigenvalue weighted by Gasteiger charge is -2.29. The molecule has 1 aromatic carbocycles. The van der Waals surface area contributed by atoms with E-state index in [1.807, 2.05) is 0 Å². The summed E-state index contributed by atoms with van der Waals surface area (Å²) in [6, 6.07) is -1.85. The lowest BCUT2D eigenvalue weighted by atomic mass is 9.89. The summed E-state index contributed by atoms with van der Waals surface area (Å²) in [7, 11) is 0. The fourth-order valence-electron chi connectivity index (χ4n) is 2.13. The Kier molecular flexibility index (Phi) is 5.95. The molecule has 0 heterocycles. The summed E-state index contributed by atoms with van der Waals surface area (Å²) in [5.41, 5.74) is 2.13. The molecule has 142 valence electrons. The largest absolute Gasteiger partial charge is 0.464 e. The Morgan fingerprint density at radius 2 is 1.73 bits per heavy atom. The first-order valence-electron chi connectivity index (χ1n) is 9.15. The monoisotopic (exact) mass is 387 g/mol. The molecule has 1 amide bonds. The summed E-state index contributed by atoms with van der Waals surface area (Å²) >= 11 is 5.76. The van der Waals surface area contributed by atoms with Gasteiger partial charge in [0, 0.05) is 23.2 Å². The predicted molar refractivity (Wildman–Crippen MR) is 94.6 cm³/mol. The Balaban J connectivity index is 3.61. The van der Waals surface area contributed by atoms with Crippen LogP contribution in [0.25, 0.3) is 0 Å². The van der Waals surface area contributed by atoms with Gasteiger partial charge in [0.15, 0.2) is 5.78 Å². The normalized spacial score (nSPS) is 12.4. The Morgan fingerprint density at radius 1 is 1.19 bits per heavy atom. The molecule has 1 aromatic rings. The third-order valence-corrected chi connectivity index (χ3v) is 3.34. The van der Waals surface area contributed by atoms with Crippen molar-refractivity contribution < 1.29 is 32.8 Å². The zero-order chi connectivity index (χ0) is 22.5. The number of benzene rings is 1. The molecule has 0 unspecified atom stereocenters. The van der Waals surface area contributed by atoms with Gasteiger partial charge in [0.1, 0.15) is 0 Å². The molecule has 0 fully saturated rings. The zero-order valence-electron chi connectivity index (χ0n) is 17.5. The van der Waals surface area contributed by atoms with E-state index in [2.05, 4.69) is 5.32 Å². The minimum atomic E-state index is -2.53. The number of Topliss-reactive ketones (excluding diaryl/α,β-unsaturated/α-hetero) is 1. The first-order valence-corrected chi connectivity index (χ1v) is 8.03. The van der Waals surface area contributed by atoms with Crippen molar-refractivity contribution >= 4 is 40.9 Å². The molecular formula is C17H21ClN2O6. The number of esters is 2. The van der Waals surface area contributed by atoms with Crippen molar-refractivity contribution in [2.75, 3.05) is 18.9 Å². The topological polar surface area (TPSA) is 125 Å². The summed E-state index contributed by atoms with van der Waals surface area (Å²) < 4.78 is 33.2. The van der Waals surface area contributed by atoms with Crippen LogP contribution in [-0.4, -0.2) is 42.4 Å². The lowest BCUT2D eigenvalue weighted by molar-refractivity contribution is -0.167. The van der Waals surface area contributed by atoms with Gasteiger partial charge in [0.2, 0.25) is 11.4 Å². The van der Waals surface area contributed by atoms with Crippen molar-refractivity contribution in [2.24, 2.45) is 0 Å². The predicted octanol–water partition coefficient (Wildman–Crippen LogP) is 1.50. The van der Waals surface area contributed by atoms with Gasteiger partial charge in [-0.3, -0.25) is 9.59 Å². The van der Waals surface area contributed by atoms with Crippen LogP contribution in [0.5, 0.6) is 0 Å². The van der Waals surface area contributed by atoms with E-state index in [-0.39, 0.29) is 13.2 Å². The Labute approximate surface area is 160 Å². The molecule has 0 atom stereocenters. The Morgan fingerprint density at radius 3 is 2.19 bits per heavy atom. The minimum Gasteiger partial charge on any atom is -0.464 e. The van der Waals surface area contributed by atoms with Gasteiger partial charge in [-0.2, -0.15) is 0 Å².